The van der Waals surface area contributed by atoms with E-state index in [9.17, 15) is 9.90 Å². The van der Waals surface area contributed by atoms with Crippen molar-refractivity contribution >= 4 is 23.3 Å². The van der Waals surface area contributed by atoms with E-state index >= 15 is 0 Å². The van der Waals surface area contributed by atoms with E-state index in [-0.39, 0.29) is 6.03 Å². The first-order valence-electron chi connectivity index (χ1n) is 7.11. The van der Waals surface area contributed by atoms with Gasteiger partial charge in [-0.15, -0.1) is 0 Å². The fourth-order valence-corrected chi connectivity index (χ4v) is 2.25. The minimum Gasteiger partial charge on any atom is -0.388 e. The van der Waals surface area contributed by atoms with Crippen molar-refractivity contribution in [1.82, 2.24) is 5.32 Å². The number of amides is 2. The molecule has 0 aromatic heterocycles. The Hall–Kier alpha value is -2.04. The summed E-state index contributed by atoms with van der Waals surface area (Å²) in [6, 6.07) is 14.4. The predicted molar refractivity (Wildman–Crippen MR) is 89.2 cm³/mol. The van der Waals surface area contributed by atoms with Crippen molar-refractivity contribution in [2.75, 3.05) is 11.9 Å². The molecule has 116 valence electrons. The molecule has 3 N–H and O–H groups in total. The predicted octanol–water partition coefficient (Wildman–Crippen LogP) is 3.89. The minimum atomic E-state index is -0.589. The zero-order valence-corrected chi connectivity index (χ0v) is 13.1. The topological polar surface area (TPSA) is 61.4 Å². The quantitative estimate of drug-likeness (QED) is 0.783. The van der Waals surface area contributed by atoms with Gasteiger partial charge in [0.2, 0.25) is 0 Å². The highest BCUT2D eigenvalue weighted by molar-refractivity contribution is 6.31. The zero-order chi connectivity index (χ0) is 15.9. The molecule has 0 aliphatic rings. The number of benzene rings is 2. The third-order valence-electron chi connectivity index (χ3n) is 3.40. The van der Waals surface area contributed by atoms with Crippen LogP contribution in [0.3, 0.4) is 0 Å². The molecule has 0 radical (unpaired) electrons. The first-order chi connectivity index (χ1) is 10.6. The van der Waals surface area contributed by atoms with Crippen LogP contribution in [-0.4, -0.2) is 17.7 Å². The Kier molecular flexibility index (Phi) is 5.81. The Labute approximate surface area is 135 Å². The van der Waals surface area contributed by atoms with E-state index in [1.165, 1.54) is 0 Å². The van der Waals surface area contributed by atoms with Crippen LogP contribution in [0.25, 0.3) is 0 Å². The highest BCUT2D eigenvalue weighted by Gasteiger charge is 2.09. The number of rotatable bonds is 5. The summed E-state index contributed by atoms with van der Waals surface area (Å²) in [7, 11) is 0. The average molecular weight is 319 g/mol. The number of aliphatic hydroxyl groups excluding tert-OH is 1. The van der Waals surface area contributed by atoms with Crippen molar-refractivity contribution in [2.45, 2.75) is 19.4 Å². The van der Waals surface area contributed by atoms with Crippen LogP contribution in [0.1, 0.15) is 23.7 Å². The van der Waals surface area contributed by atoms with Crippen LogP contribution < -0.4 is 10.6 Å². The smallest absolute Gasteiger partial charge is 0.319 e. The Morgan fingerprint density at radius 3 is 2.64 bits per heavy atom. The normalized spacial score (nSPS) is 11.8. The Morgan fingerprint density at radius 1 is 1.18 bits per heavy atom. The summed E-state index contributed by atoms with van der Waals surface area (Å²) in [6.07, 6.45) is -0.138. The molecule has 0 fully saturated rings. The van der Waals surface area contributed by atoms with E-state index in [1.807, 2.05) is 37.3 Å². The summed E-state index contributed by atoms with van der Waals surface area (Å²) in [6.45, 7) is 2.22. The van der Waals surface area contributed by atoms with Crippen molar-refractivity contribution in [3.8, 4) is 0 Å². The molecule has 1 atom stereocenters. The van der Waals surface area contributed by atoms with Crippen LogP contribution in [0.4, 0.5) is 10.5 Å². The SMILES string of the molecule is Cc1c(Cl)cccc1NC(=O)NCCC(O)c1ccccc1. The lowest BCUT2D eigenvalue weighted by Crippen LogP contribution is -2.30. The lowest BCUT2D eigenvalue weighted by atomic mass is 10.1. The van der Waals surface area contributed by atoms with E-state index < -0.39 is 6.10 Å². The molecule has 2 amide bonds. The zero-order valence-electron chi connectivity index (χ0n) is 12.3. The van der Waals surface area contributed by atoms with Gasteiger partial charge >= 0.3 is 6.03 Å². The fraction of sp³-hybridized carbons (Fsp3) is 0.235. The van der Waals surface area contributed by atoms with Gasteiger partial charge in [0.05, 0.1) is 6.10 Å². The molecule has 0 spiro atoms. The fourth-order valence-electron chi connectivity index (χ4n) is 2.07. The summed E-state index contributed by atoms with van der Waals surface area (Å²) in [5.74, 6) is 0. The summed E-state index contributed by atoms with van der Waals surface area (Å²) in [4.78, 5) is 11.8. The first kappa shape index (κ1) is 16.3. The molecule has 2 aromatic rings. The molecule has 1 unspecified atom stereocenters. The second-order valence-corrected chi connectivity index (χ2v) is 5.42. The second-order valence-electron chi connectivity index (χ2n) is 5.01. The Morgan fingerprint density at radius 2 is 1.91 bits per heavy atom. The summed E-state index contributed by atoms with van der Waals surface area (Å²) >= 11 is 6.01. The highest BCUT2D eigenvalue weighted by Crippen LogP contribution is 2.22. The highest BCUT2D eigenvalue weighted by atomic mass is 35.5. The van der Waals surface area contributed by atoms with Crippen molar-refractivity contribution in [2.24, 2.45) is 0 Å². The van der Waals surface area contributed by atoms with Gasteiger partial charge in [-0.05, 0) is 36.6 Å². The van der Waals surface area contributed by atoms with Crippen LogP contribution in [0.15, 0.2) is 48.5 Å². The van der Waals surface area contributed by atoms with Gasteiger partial charge in [0, 0.05) is 17.3 Å². The number of carbonyl (C=O) groups excluding carboxylic acids is 1. The number of nitrogens with one attached hydrogen (secondary N) is 2. The van der Waals surface area contributed by atoms with Gasteiger partial charge < -0.3 is 15.7 Å². The van der Waals surface area contributed by atoms with Crippen molar-refractivity contribution in [3.63, 3.8) is 0 Å². The Balaban J connectivity index is 1.80. The van der Waals surface area contributed by atoms with Crippen LogP contribution in [-0.2, 0) is 0 Å². The summed E-state index contributed by atoms with van der Waals surface area (Å²) in [5.41, 5.74) is 2.34. The average Bonchev–Trinajstić information content (AvgIpc) is 2.52. The van der Waals surface area contributed by atoms with E-state index in [1.54, 1.807) is 18.2 Å². The molecular weight excluding hydrogens is 300 g/mol. The third kappa shape index (κ3) is 4.48. The number of halogens is 1. The van der Waals surface area contributed by atoms with Gasteiger partial charge in [-0.1, -0.05) is 48.0 Å². The van der Waals surface area contributed by atoms with Gasteiger partial charge in [0.15, 0.2) is 0 Å². The van der Waals surface area contributed by atoms with E-state index in [2.05, 4.69) is 10.6 Å². The number of urea groups is 1. The van der Waals surface area contributed by atoms with E-state index in [0.29, 0.717) is 23.7 Å². The molecule has 0 aliphatic carbocycles. The molecule has 4 nitrogen and oxygen atoms in total. The van der Waals surface area contributed by atoms with Gasteiger partial charge in [0.25, 0.3) is 0 Å². The molecule has 0 heterocycles. The number of hydrogen-bond acceptors (Lipinski definition) is 2. The van der Waals surface area contributed by atoms with Gasteiger partial charge in [-0.25, -0.2) is 4.79 Å². The Bertz CT molecular complexity index is 632. The molecule has 0 aliphatic heterocycles. The van der Waals surface area contributed by atoms with Crippen LogP contribution in [0, 0.1) is 6.92 Å². The molecule has 0 bridgehead atoms. The lowest BCUT2D eigenvalue weighted by molar-refractivity contribution is 0.167. The van der Waals surface area contributed by atoms with Gasteiger partial charge in [-0.3, -0.25) is 0 Å². The summed E-state index contributed by atoms with van der Waals surface area (Å²) < 4.78 is 0. The molecule has 2 aromatic carbocycles. The number of carbonyl (C=O) groups is 1. The maximum Gasteiger partial charge on any atom is 0.319 e. The number of aliphatic hydroxyl groups is 1. The molecule has 0 saturated carbocycles. The maximum atomic E-state index is 11.8. The van der Waals surface area contributed by atoms with Gasteiger partial charge in [0.1, 0.15) is 0 Å². The number of hydrogen-bond donors (Lipinski definition) is 3. The molecule has 2 rings (SSSR count). The van der Waals surface area contributed by atoms with Crippen LogP contribution >= 0.6 is 11.6 Å². The largest absolute Gasteiger partial charge is 0.388 e. The van der Waals surface area contributed by atoms with Gasteiger partial charge in [-0.2, -0.15) is 0 Å². The van der Waals surface area contributed by atoms with Crippen molar-refractivity contribution < 1.29 is 9.90 Å². The molecule has 0 saturated heterocycles. The minimum absolute atomic E-state index is 0.314. The molecule has 22 heavy (non-hydrogen) atoms. The second kappa shape index (κ2) is 7.82. The number of anilines is 1. The lowest BCUT2D eigenvalue weighted by Gasteiger charge is -2.13. The molecule has 5 heteroatoms. The van der Waals surface area contributed by atoms with Crippen LogP contribution in [0.2, 0.25) is 5.02 Å². The molecular formula is C17H19ClN2O2. The maximum absolute atomic E-state index is 11.8. The van der Waals surface area contributed by atoms with Crippen molar-refractivity contribution in [3.05, 3.63) is 64.7 Å². The van der Waals surface area contributed by atoms with Crippen molar-refractivity contribution in [1.29, 1.82) is 0 Å². The van der Waals surface area contributed by atoms with E-state index in [0.717, 1.165) is 11.1 Å². The summed E-state index contributed by atoms with van der Waals surface area (Å²) in [5, 5.41) is 16.1. The monoisotopic (exact) mass is 318 g/mol. The van der Waals surface area contributed by atoms with Crippen LogP contribution in [0.5, 0.6) is 0 Å². The third-order valence-corrected chi connectivity index (χ3v) is 3.81. The van der Waals surface area contributed by atoms with E-state index in [4.69, 9.17) is 11.6 Å². The first-order valence-corrected chi connectivity index (χ1v) is 7.48. The standard InChI is InChI=1S/C17H19ClN2O2/c1-12-14(18)8-5-9-15(12)20-17(22)19-11-10-16(21)13-6-3-2-4-7-13/h2-9,16,21H,10-11H2,1H3,(H2,19,20,22).